The van der Waals surface area contributed by atoms with Crippen molar-refractivity contribution in [3.63, 3.8) is 0 Å². The van der Waals surface area contributed by atoms with Gasteiger partial charge in [-0.1, -0.05) is 26.0 Å². The van der Waals surface area contributed by atoms with E-state index in [0.29, 0.717) is 6.04 Å². The summed E-state index contributed by atoms with van der Waals surface area (Å²) in [6.45, 7) is 5.58. The second-order valence-electron chi connectivity index (χ2n) is 6.55. The Morgan fingerprint density at radius 3 is 2.90 bits per heavy atom. The molecule has 3 heteroatoms. The second-order valence-corrected chi connectivity index (χ2v) is 6.55. The number of hydrogen-bond donors (Lipinski definition) is 1. The Kier molecular flexibility index (Phi) is 4.28. The van der Waals surface area contributed by atoms with E-state index in [0.717, 1.165) is 18.4 Å². The van der Waals surface area contributed by atoms with Gasteiger partial charge in [0.25, 0.3) is 0 Å². The smallest absolute Gasteiger partial charge is 0.0660 e. The molecule has 3 rings (SSSR count). The number of rotatable bonds is 4. The predicted molar refractivity (Wildman–Crippen MR) is 87.4 cm³/mol. The summed E-state index contributed by atoms with van der Waals surface area (Å²) >= 11 is 0. The lowest BCUT2D eigenvalue weighted by Crippen LogP contribution is -2.33. The van der Waals surface area contributed by atoms with Crippen LogP contribution in [0, 0.1) is 11.8 Å². The van der Waals surface area contributed by atoms with Crippen molar-refractivity contribution in [3.8, 4) is 0 Å². The van der Waals surface area contributed by atoms with Crippen LogP contribution in [0.15, 0.2) is 42.7 Å². The van der Waals surface area contributed by atoms with Gasteiger partial charge in [-0.25, -0.2) is 0 Å². The van der Waals surface area contributed by atoms with E-state index in [4.69, 9.17) is 0 Å². The first kappa shape index (κ1) is 14.2. The fraction of sp³-hybridized carbons (Fsp3) is 0.500. The highest BCUT2D eigenvalue weighted by Crippen LogP contribution is 2.30. The minimum absolute atomic E-state index is 0.612. The topological polar surface area (TPSA) is 29.9 Å². The molecule has 2 aromatic rings. The fourth-order valence-electron chi connectivity index (χ4n) is 3.43. The van der Waals surface area contributed by atoms with Crippen LogP contribution in [0.4, 0.5) is 5.69 Å². The first-order valence-corrected chi connectivity index (χ1v) is 8.03. The third kappa shape index (κ3) is 3.66. The molecule has 0 amide bonds. The maximum atomic E-state index is 4.27. The third-order valence-electron chi connectivity index (χ3n) is 4.61. The Balaban J connectivity index is 1.65. The molecule has 0 saturated heterocycles. The van der Waals surface area contributed by atoms with Gasteiger partial charge >= 0.3 is 0 Å². The molecule has 3 nitrogen and oxygen atoms in total. The van der Waals surface area contributed by atoms with E-state index in [1.165, 1.54) is 30.5 Å². The Hall–Kier alpha value is -1.77. The average Bonchev–Trinajstić information content (AvgIpc) is 2.95. The molecule has 21 heavy (non-hydrogen) atoms. The van der Waals surface area contributed by atoms with Gasteiger partial charge in [0.1, 0.15) is 0 Å². The third-order valence-corrected chi connectivity index (χ3v) is 4.61. The number of benzene rings is 1. The lowest BCUT2D eigenvalue weighted by molar-refractivity contribution is 0.276. The highest BCUT2D eigenvalue weighted by Gasteiger charge is 2.24. The van der Waals surface area contributed by atoms with E-state index in [2.05, 4.69) is 48.5 Å². The van der Waals surface area contributed by atoms with Crippen LogP contribution in [0.3, 0.4) is 0 Å². The predicted octanol–water partition coefficient (Wildman–Crippen LogP) is 4.17. The molecule has 1 N–H and O–H groups in total. The highest BCUT2D eigenvalue weighted by atomic mass is 15.3. The first-order chi connectivity index (χ1) is 10.2. The molecule has 0 radical (unpaired) electrons. The zero-order valence-corrected chi connectivity index (χ0v) is 13.0. The van der Waals surface area contributed by atoms with Gasteiger partial charge in [0.05, 0.1) is 6.54 Å². The largest absolute Gasteiger partial charge is 0.382 e. The van der Waals surface area contributed by atoms with Crippen LogP contribution in [0.25, 0.3) is 0 Å². The summed E-state index contributed by atoms with van der Waals surface area (Å²) in [5, 5.41) is 8.02. The van der Waals surface area contributed by atoms with Gasteiger partial charge in [0.2, 0.25) is 0 Å². The highest BCUT2D eigenvalue weighted by molar-refractivity contribution is 5.46. The molecular weight excluding hydrogens is 258 g/mol. The van der Waals surface area contributed by atoms with Crippen LogP contribution in [0.5, 0.6) is 0 Å². The molecule has 1 saturated carbocycles. The van der Waals surface area contributed by atoms with Crippen molar-refractivity contribution in [2.75, 3.05) is 5.32 Å². The molecule has 112 valence electrons. The summed E-state index contributed by atoms with van der Waals surface area (Å²) in [5.74, 6) is 1.63. The molecule has 1 fully saturated rings. The van der Waals surface area contributed by atoms with Crippen LogP contribution in [-0.4, -0.2) is 15.8 Å². The standard InChI is InChI=1S/C18H25N3/c1-14-7-8-18(15(2)11-14)20-17-6-3-5-16(12-17)13-21-10-4-9-19-21/h3-6,9-10,12,14-15,18,20H,7-8,11,13H2,1-2H3. The van der Waals surface area contributed by atoms with E-state index in [1.807, 2.05) is 23.1 Å². The van der Waals surface area contributed by atoms with Crippen LogP contribution in [0.2, 0.25) is 0 Å². The fourth-order valence-corrected chi connectivity index (χ4v) is 3.43. The minimum atomic E-state index is 0.612. The van der Waals surface area contributed by atoms with E-state index >= 15 is 0 Å². The van der Waals surface area contributed by atoms with Gasteiger partial charge in [-0.05, 0) is 54.9 Å². The van der Waals surface area contributed by atoms with Crippen molar-refractivity contribution in [2.45, 2.75) is 45.7 Å². The Bertz CT molecular complexity index is 562. The van der Waals surface area contributed by atoms with Gasteiger partial charge in [-0.15, -0.1) is 0 Å². The molecule has 0 spiro atoms. The van der Waals surface area contributed by atoms with Gasteiger partial charge in [0, 0.05) is 24.1 Å². The van der Waals surface area contributed by atoms with Crippen LogP contribution in [-0.2, 0) is 6.54 Å². The van der Waals surface area contributed by atoms with Crippen molar-refractivity contribution in [3.05, 3.63) is 48.3 Å². The lowest BCUT2D eigenvalue weighted by atomic mass is 9.80. The number of nitrogens with one attached hydrogen (secondary N) is 1. The number of anilines is 1. The number of aromatic nitrogens is 2. The van der Waals surface area contributed by atoms with Crippen molar-refractivity contribution >= 4 is 5.69 Å². The molecule has 1 heterocycles. The van der Waals surface area contributed by atoms with Gasteiger partial charge in [0.15, 0.2) is 0 Å². The molecule has 1 aromatic heterocycles. The monoisotopic (exact) mass is 283 g/mol. The minimum Gasteiger partial charge on any atom is -0.382 e. The zero-order valence-electron chi connectivity index (χ0n) is 13.0. The Labute approximate surface area is 127 Å². The van der Waals surface area contributed by atoms with Crippen molar-refractivity contribution in [1.29, 1.82) is 0 Å². The van der Waals surface area contributed by atoms with E-state index in [-0.39, 0.29) is 0 Å². The summed E-state index contributed by atoms with van der Waals surface area (Å²) in [6, 6.07) is 11.3. The molecule has 0 bridgehead atoms. The molecule has 1 aromatic carbocycles. The van der Waals surface area contributed by atoms with Gasteiger partial charge < -0.3 is 5.32 Å². The Morgan fingerprint density at radius 2 is 2.14 bits per heavy atom. The van der Waals surface area contributed by atoms with Gasteiger partial charge in [-0.2, -0.15) is 5.10 Å². The average molecular weight is 283 g/mol. The summed E-state index contributed by atoms with van der Waals surface area (Å²) in [5.41, 5.74) is 2.53. The normalized spacial score (nSPS) is 25.7. The molecule has 3 atom stereocenters. The van der Waals surface area contributed by atoms with Crippen molar-refractivity contribution in [1.82, 2.24) is 9.78 Å². The van der Waals surface area contributed by atoms with Crippen LogP contribution >= 0.6 is 0 Å². The molecular formula is C18H25N3. The van der Waals surface area contributed by atoms with E-state index in [9.17, 15) is 0 Å². The number of hydrogen-bond acceptors (Lipinski definition) is 2. The maximum Gasteiger partial charge on any atom is 0.0660 e. The summed E-state index contributed by atoms with van der Waals surface area (Å²) in [7, 11) is 0. The molecule has 1 aliphatic rings. The summed E-state index contributed by atoms with van der Waals surface area (Å²) in [6.07, 6.45) is 7.79. The molecule has 3 unspecified atom stereocenters. The summed E-state index contributed by atoms with van der Waals surface area (Å²) in [4.78, 5) is 0. The van der Waals surface area contributed by atoms with E-state index < -0.39 is 0 Å². The molecule has 1 aliphatic carbocycles. The quantitative estimate of drug-likeness (QED) is 0.912. The SMILES string of the molecule is CC1CCC(Nc2cccc(Cn3cccn3)c2)C(C)C1. The van der Waals surface area contributed by atoms with Crippen LogP contribution in [0.1, 0.15) is 38.7 Å². The summed E-state index contributed by atoms with van der Waals surface area (Å²) < 4.78 is 1.96. The van der Waals surface area contributed by atoms with Crippen LogP contribution < -0.4 is 5.32 Å². The van der Waals surface area contributed by atoms with Crippen molar-refractivity contribution in [2.24, 2.45) is 11.8 Å². The molecule has 0 aliphatic heterocycles. The second kappa shape index (κ2) is 6.33. The number of nitrogens with zero attached hydrogens (tertiary/aromatic N) is 2. The van der Waals surface area contributed by atoms with Gasteiger partial charge in [-0.3, -0.25) is 4.68 Å². The van der Waals surface area contributed by atoms with E-state index in [1.54, 1.807) is 0 Å². The van der Waals surface area contributed by atoms with Crippen molar-refractivity contribution < 1.29 is 0 Å². The first-order valence-electron chi connectivity index (χ1n) is 8.03. The Morgan fingerprint density at radius 1 is 1.24 bits per heavy atom. The zero-order chi connectivity index (χ0) is 14.7. The lowest BCUT2D eigenvalue weighted by Gasteiger charge is -2.34. The maximum absolute atomic E-state index is 4.27.